The summed E-state index contributed by atoms with van der Waals surface area (Å²) in [6.07, 6.45) is -3.52. The summed E-state index contributed by atoms with van der Waals surface area (Å²) >= 11 is 6.18. The average molecular weight is 518 g/mol. The summed E-state index contributed by atoms with van der Waals surface area (Å²) in [7, 11) is 1.47. The summed E-state index contributed by atoms with van der Waals surface area (Å²) in [5, 5.41) is 23.2. The highest BCUT2D eigenvalue weighted by atomic mass is 35.5. The van der Waals surface area contributed by atoms with Gasteiger partial charge in [0.05, 0.1) is 22.6 Å². The second kappa shape index (κ2) is 10.8. The van der Waals surface area contributed by atoms with E-state index in [-0.39, 0.29) is 16.3 Å². The fourth-order valence-corrected chi connectivity index (χ4v) is 3.17. The SMILES string of the molecule is COc1cccc(NC(=O)/C(C#N)=C\c2ccc(Oc3ccc(C(F)(F)F)cc3[N+](=O)[O-])c(Cl)c2)c1. The first kappa shape index (κ1) is 26.1. The Morgan fingerprint density at radius 2 is 1.86 bits per heavy atom. The minimum absolute atomic E-state index is 0.0663. The van der Waals surface area contributed by atoms with E-state index < -0.39 is 34.0 Å². The van der Waals surface area contributed by atoms with Gasteiger partial charge in [0, 0.05) is 17.8 Å². The monoisotopic (exact) mass is 517 g/mol. The van der Waals surface area contributed by atoms with Crippen LogP contribution in [0.1, 0.15) is 11.1 Å². The lowest BCUT2D eigenvalue weighted by Crippen LogP contribution is -2.13. The number of rotatable bonds is 7. The lowest BCUT2D eigenvalue weighted by Gasteiger charge is -2.11. The summed E-state index contributed by atoms with van der Waals surface area (Å²) in [6.45, 7) is 0. The molecule has 0 bridgehead atoms. The lowest BCUT2D eigenvalue weighted by molar-refractivity contribution is -0.385. The van der Waals surface area contributed by atoms with Crippen molar-refractivity contribution in [2.75, 3.05) is 12.4 Å². The standard InChI is InChI=1S/C24H15ClF3N3O5/c1-35-18-4-2-3-17(12-18)30-23(32)15(13-29)9-14-5-7-21(19(25)10-14)36-22-8-6-16(24(26,27)28)11-20(22)31(33)34/h2-12H,1H3,(H,30,32)/b15-9-. The first-order chi connectivity index (χ1) is 17.0. The van der Waals surface area contributed by atoms with E-state index >= 15 is 0 Å². The van der Waals surface area contributed by atoms with Crippen LogP contribution in [0.15, 0.2) is 66.2 Å². The molecule has 1 amide bonds. The minimum Gasteiger partial charge on any atom is -0.497 e. The number of nitro benzene ring substituents is 1. The Morgan fingerprint density at radius 1 is 1.14 bits per heavy atom. The van der Waals surface area contributed by atoms with E-state index in [0.717, 1.165) is 6.07 Å². The van der Waals surface area contributed by atoms with Gasteiger partial charge in [-0.25, -0.2) is 0 Å². The third-order valence-corrected chi connectivity index (χ3v) is 4.96. The zero-order valence-electron chi connectivity index (χ0n) is 18.3. The Kier molecular flexibility index (Phi) is 7.81. The summed E-state index contributed by atoms with van der Waals surface area (Å²) < 4.78 is 49.2. The van der Waals surface area contributed by atoms with Crippen molar-refractivity contribution < 1.29 is 32.4 Å². The number of methoxy groups -OCH3 is 1. The van der Waals surface area contributed by atoms with Crippen molar-refractivity contribution in [2.24, 2.45) is 0 Å². The maximum atomic E-state index is 12.9. The van der Waals surface area contributed by atoms with Crippen molar-refractivity contribution in [2.45, 2.75) is 6.18 Å². The third kappa shape index (κ3) is 6.31. The van der Waals surface area contributed by atoms with Gasteiger partial charge in [-0.05, 0) is 48.0 Å². The fourth-order valence-electron chi connectivity index (χ4n) is 2.95. The molecule has 3 rings (SSSR count). The average Bonchev–Trinajstić information content (AvgIpc) is 2.83. The predicted octanol–water partition coefficient (Wildman–Crippen LogP) is 6.61. The number of carbonyl (C=O) groups is 1. The highest BCUT2D eigenvalue weighted by Crippen LogP contribution is 2.39. The van der Waals surface area contributed by atoms with Crippen LogP contribution in [0, 0.1) is 21.4 Å². The number of ether oxygens (including phenoxy) is 2. The molecule has 12 heteroatoms. The number of nitriles is 1. The molecule has 0 saturated carbocycles. The normalized spacial score (nSPS) is 11.4. The van der Waals surface area contributed by atoms with Crippen molar-refractivity contribution in [1.29, 1.82) is 5.26 Å². The van der Waals surface area contributed by atoms with Crippen LogP contribution in [0.2, 0.25) is 5.02 Å². The molecule has 0 aliphatic heterocycles. The molecule has 3 aromatic carbocycles. The number of anilines is 1. The number of nitrogens with one attached hydrogen (secondary N) is 1. The summed E-state index contributed by atoms with van der Waals surface area (Å²) in [5.74, 6) is -0.724. The van der Waals surface area contributed by atoms with Crippen molar-refractivity contribution in [1.82, 2.24) is 0 Å². The number of carbonyl (C=O) groups excluding carboxylic acids is 1. The molecule has 1 N–H and O–H groups in total. The first-order valence-electron chi connectivity index (χ1n) is 9.92. The Balaban J connectivity index is 1.83. The minimum atomic E-state index is -4.77. The largest absolute Gasteiger partial charge is 0.497 e. The number of hydrogen-bond acceptors (Lipinski definition) is 6. The van der Waals surface area contributed by atoms with Crippen LogP contribution in [-0.2, 0) is 11.0 Å². The molecule has 0 aliphatic rings. The van der Waals surface area contributed by atoms with E-state index in [1.165, 1.54) is 31.4 Å². The number of amides is 1. The van der Waals surface area contributed by atoms with Crippen LogP contribution in [0.5, 0.6) is 17.2 Å². The molecule has 0 atom stereocenters. The number of hydrogen-bond donors (Lipinski definition) is 1. The molecule has 0 radical (unpaired) electrons. The van der Waals surface area contributed by atoms with E-state index in [2.05, 4.69) is 5.32 Å². The molecular formula is C24H15ClF3N3O5. The highest BCUT2D eigenvalue weighted by Gasteiger charge is 2.33. The lowest BCUT2D eigenvalue weighted by atomic mass is 10.1. The summed E-state index contributed by atoms with van der Waals surface area (Å²) in [6, 6.07) is 14.2. The number of alkyl halides is 3. The van der Waals surface area contributed by atoms with E-state index in [9.17, 15) is 33.3 Å². The van der Waals surface area contributed by atoms with Gasteiger partial charge >= 0.3 is 11.9 Å². The van der Waals surface area contributed by atoms with Gasteiger partial charge < -0.3 is 14.8 Å². The molecule has 0 fully saturated rings. The van der Waals surface area contributed by atoms with Crippen LogP contribution in [-0.4, -0.2) is 17.9 Å². The van der Waals surface area contributed by atoms with Crippen molar-refractivity contribution in [3.05, 3.63) is 92.5 Å². The molecule has 0 spiro atoms. The maximum Gasteiger partial charge on any atom is 0.416 e. The van der Waals surface area contributed by atoms with E-state index in [1.54, 1.807) is 30.3 Å². The van der Waals surface area contributed by atoms with Crippen LogP contribution < -0.4 is 14.8 Å². The molecule has 0 aromatic heterocycles. The van der Waals surface area contributed by atoms with Gasteiger partial charge in [0.15, 0.2) is 0 Å². The van der Waals surface area contributed by atoms with Gasteiger partial charge in [0.2, 0.25) is 5.75 Å². The maximum absolute atomic E-state index is 12.9. The number of benzene rings is 3. The Hall–Kier alpha value is -4.56. The van der Waals surface area contributed by atoms with Crippen molar-refractivity contribution >= 4 is 35.0 Å². The smallest absolute Gasteiger partial charge is 0.416 e. The molecule has 184 valence electrons. The molecule has 0 heterocycles. The summed E-state index contributed by atoms with van der Waals surface area (Å²) in [5.41, 5.74) is -1.62. The number of halogens is 4. The van der Waals surface area contributed by atoms with Gasteiger partial charge in [-0.2, -0.15) is 18.4 Å². The van der Waals surface area contributed by atoms with Crippen molar-refractivity contribution in [3.63, 3.8) is 0 Å². The Morgan fingerprint density at radius 3 is 2.47 bits per heavy atom. The van der Waals surface area contributed by atoms with E-state index in [0.29, 0.717) is 29.1 Å². The molecule has 8 nitrogen and oxygen atoms in total. The van der Waals surface area contributed by atoms with E-state index in [4.69, 9.17) is 21.1 Å². The van der Waals surface area contributed by atoms with Crippen LogP contribution in [0.25, 0.3) is 6.08 Å². The van der Waals surface area contributed by atoms with Gasteiger partial charge in [0.25, 0.3) is 5.91 Å². The van der Waals surface area contributed by atoms with Crippen LogP contribution >= 0.6 is 11.6 Å². The zero-order chi connectivity index (χ0) is 26.5. The fraction of sp³-hybridized carbons (Fsp3) is 0.0833. The predicted molar refractivity (Wildman–Crippen MR) is 125 cm³/mol. The zero-order valence-corrected chi connectivity index (χ0v) is 19.1. The second-order valence-electron chi connectivity index (χ2n) is 7.09. The third-order valence-electron chi connectivity index (χ3n) is 4.66. The number of nitro groups is 1. The van der Waals surface area contributed by atoms with E-state index in [1.807, 2.05) is 0 Å². The van der Waals surface area contributed by atoms with Gasteiger partial charge in [-0.3, -0.25) is 14.9 Å². The topological polar surface area (TPSA) is 114 Å². The van der Waals surface area contributed by atoms with Crippen LogP contribution in [0.4, 0.5) is 24.5 Å². The molecule has 0 unspecified atom stereocenters. The quantitative estimate of drug-likeness (QED) is 0.163. The Bertz CT molecular complexity index is 1400. The van der Waals surface area contributed by atoms with Crippen LogP contribution in [0.3, 0.4) is 0 Å². The molecule has 0 saturated heterocycles. The van der Waals surface area contributed by atoms with Crippen molar-refractivity contribution in [3.8, 4) is 23.3 Å². The highest BCUT2D eigenvalue weighted by molar-refractivity contribution is 6.32. The second-order valence-corrected chi connectivity index (χ2v) is 7.49. The summed E-state index contributed by atoms with van der Waals surface area (Å²) in [4.78, 5) is 22.7. The molecule has 36 heavy (non-hydrogen) atoms. The van der Waals surface area contributed by atoms with Gasteiger partial charge in [-0.1, -0.05) is 23.7 Å². The molecule has 3 aromatic rings. The molecular weight excluding hydrogens is 503 g/mol. The number of nitrogens with zero attached hydrogens (tertiary/aromatic N) is 2. The molecule has 0 aliphatic carbocycles. The van der Waals surface area contributed by atoms with Gasteiger partial charge in [0.1, 0.15) is 23.1 Å². The first-order valence-corrected chi connectivity index (χ1v) is 10.3. The van der Waals surface area contributed by atoms with Gasteiger partial charge in [-0.15, -0.1) is 0 Å². The Labute approximate surface area is 207 Å².